The molecular formula is C13H22N2O. The summed E-state index contributed by atoms with van der Waals surface area (Å²) < 4.78 is 0. The number of Topliss-reactive ketones (excluding diaryl/α,β-unsaturated/α-hetero) is 1. The van der Waals surface area contributed by atoms with Crippen molar-refractivity contribution in [3.63, 3.8) is 0 Å². The fraction of sp³-hybridized carbons (Fsp3) is 0.846. The second-order valence-electron chi connectivity index (χ2n) is 4.70. The van der Waals surface area contributed by atoms with Gasteiger partial charge in [-0.1, -0.05) is 19.8 Å². The maximum atomic E-state index is 12.0. The third-order valence-electron chi connectivity index (χ3n) is 3.35. The molecule has 3 nitrogen and oxygen atoms in total. The molecule has 0 heterocycles. The number of nitriles is 1. The van der Waals surface area contributed by atoms with Crippen LogP contribution in [-0.2, 0) is 4.79 Å². The largest absolute Gasteiger partial charge is 0.298 e. The van der Waals surface area contributed by atoms with E-state index in [9.17, 15) is 4.79 Å². The number of hydrogen-bond acceptors (Lipinski definition) is 3. The van der Waals surface area contributed by atoms with E-state index in [1.807, 2.05) is 6.92 Å². The van der Waals surface area contributed by atoms with E-state index in [1.165, 1.54) is 6.42 Å². The summed E-state index contributed by atoms with van der Waals surface area (Å²) in [5, 5.41) is 8.84. The van der Waals surface area contributed by atoms with Gasteiger partial charge in [-0.05, 0) is 26.3 Å². The SMILES string of the molecule is CCN(CC(C)C#N)C1CCCCCC1=O. The number of hydrogen-bond donors (Lipinski definition) is 0. The van der Waals surface area contributed by atoms with E-state index in [0.29, 0.717) is 5.78 Å². The zero-order valence-corrected chi connectivity index (χ0v) is 10.4. The van der Waals surface area contributed by atoms with Crippen LogP contribution in [0.1, 0.15) is 46.0 Å². The summed E-state index contributed by atoms with van der Waals surface area (Å²) in [5.74, 6) is 0.389. The van der Waals surface area contributed by atoms with Crippen molar-refractivity contribution in [1.82, 2.24) is 4.90 Å². The summed E-state index contributed by atoms with van der Waals surface area (Å²) in [6.07, 6.45) is 5.06. The van der Waals surface area contributed by atoms with Gasteiger partial charge in [-0.15, -0.1) is 0 Å². The van der Waals surface area contributed by atoms with Gasteiger partial charge >= 0.3 is 0 Å². The van der Waals surface area contributed by atoms with Gasteiger partial charge in [0.25, 0.3) is 0 Å². The lowest BCUT2D eigenvalue weighted by Gasteiger charge is -2.29. The van der Waals surface area contributed by atoms with Crippen LogP contribution in [0.2, 0.25) is 0 Å². The van der Waals surface area contributed by atoms with Crippen LogP contribution >= 0.6 is 0 Å². The molecule has 1 saturated carbocycles. The number of rotatable bonds is 4. The van der Waals surface area contributed by atoms with E-state index in [0.717, 1.165) is 38.8 Å². The smallest absolute Gasteiger partial charge is 0.149 e. The molecule has 1 aliphatic carbocycles. The Morgan fingerprint density at radius 3 is 2.88 bits per heavy atom. The normalized spacial score (nSPS) is 23.9. The molecule has 1 aliphatic rings. The summed E-state index contributed by atoms with van der Waals surface area (Å²) in [4.78, 5) is 14.1. The molecule has 0 spiro atoms. The Morgan fingerprint density at radius 2 is 2.25 bits per heavy atom. The minimum Gasteiger partial charge on any atom is -0.298 e. The van der Waals surface area contributed by atoms with Crippen LogP contribution in [0, 0.1) is 17.2 Å². The number of carbonyl (C=O) groups excluding carboxylic acids is 1. The number of nitrogens with zero attached hydrogens (tertiary/aromatic N) is 2. The fourth-order valence-electron chi connectivity index (χ4n) is 2.40. The van der Waals surface area contributed by atoms with E-state index in [1.54, 1.807) is 0 Å². The second kappa shape index (κ2) is 6.65. The van der Waals surface area contributed by atoms with Crippen molar-refractivity contribution >= 4 is 5.78 Å². The summed E-state index contributed by atoms with van der Waals surface area (Å²) >= 11 is 0. The highest BCUT2D eigenvalue weighted by Gasteiger charge is 2.26. The molecule has 1 rings (SSSR count). The quantitative estimate of drug-likeness (QED) is 0.686. The molecule has 1 fully saturated rings. The maximum absolute atomic E-state index is 12.0. The molecule has 0 amide bonds. The standard InChI is InChI=1S/C13H22N2O/c1-3-15(10-11(2)9-14)12-7-5-4-6-8-13(12)16/h11-12H,3-8,10H2,1-2H3. The predicted molar refractivity (Wildman–Crippen MR) is 63.9 cm³/mol. The van der Waals surface area contributed by atoms with E-state index in [4.69, 9.17) is 5.26 Å². The summed E-state index contributed by atoms with van der Waals surface area (Å²) in [6, 6.07) is 2.32. The molecule has 0 N–H and O–H groups in total. The first-order valence-electron chi connectivity index (χ1n) is 6.35. The fourth-order valence-corrected chi connectivity index (χ4v) is 2.40. The van der Waals surface area contributed by atoms with Crippen molar-refractivity contribution in [1.29, 1.82) is 5.26 Å². The van der Waals surface area contributed by atoms with Crippen molar-refractivity contribution < 1.29 is 4.79 Å². The van der Waals surface area contributed by atoms with Crippen LogP contribution in [0.15, 0.2) is 0 Å². The Balaban J connectivity index is 2.62. The van der Waals surface area contributed by atoms with Gasteiger partial charge < -0.3 is 0 Å². The highest BCUT2D eigenvalue weighted by molar-refractivity contribution is 5.84. The van der Waals surface area contributed by atoms with Gasteiger partial charge in [0, 0.05) is 13.0 Å². The Bertz CT molecular complexity index is 270. The second-order valence-corrected chi connectivity index (χ2v) is 4.70. The number of carbonyl (C=O) groups is 1. The third-order valence-corrected chi connectivity index (χ3v) is 3.35. The molecule has 16 heavy (non-hydrogen) atoms. The molecule has 0 aromatic carbocycles. The molecule has 3 heteroatoms. The molecular weight excluding hydrogens is 200 g/mol. The van der Waals surface area contributed by atoms with E-state index in [-0.39, 0.29) is 12.0 Å². The van der Waals surface area contributed by atoms with Crippen LogP contribution < -0.4 is 0 Å². The molecule has 0 saturated heterocycles. The predicted octanol–water partition coefficient (Wildman–Crippen LogP) is 2.37. The van der Waals surface area contributed by atoms with Crippen molar-refractivity contribution in [3.05, 3.63) is 0 Å². The maximum Gasteiger partial charge on any atom is 0.149 e. The molecule has 0 aromatic rings. The van der Waals surface area contributed by atoms with Crippen molar-refractivity contribution in [2.45, 2.75) is 52.0 Å². The van der Waals surface area contributed by atoms with Crippen LogP contribution in [0.5, 0.6) is 0 Å². The van der Waals surface area contributed by atoms with Crippen molar-refractivity contribution in [3.8, 4) is 6.07 Å². The van der Waals surface area contributed by atoms with E-state index in [2.05, 4.69) is 17.9 Å². The molecule has 2 unspecified atom stereocenters. The first kappa shape index (κ1) is 13.2. The monoisotopic (exact) mass is 222 g/mol. The highest BCUT2D eigenvalue weighted by atomic mass is 16.1. The minimum absolute atomic E-state index is 0.0102. The van der Waals surface area contributed by atoms with Gasteiger partial charge in [-0.3, -0.25) is 9.69 Å². The third kappa shape index (κ3) is 3.61. The van der Waals surface area contributed by atoms with Crippen molar-refractivity contribution in [2.24, 2.45) is 5.92 Å². The Morgan fingerprint density at radius 1 is 1.50 bits per heavy atom. The first-order valence-corrected chi connectivity index (χ1v) is 6.35. The Hall–Kier alpha value is -0.880. The van der Waals surface area contributed by atoms with Gasteiger partial charge in [0.05, 0.1) is 18.0 Å². The van der Waals surface area contributed by atoms with Crippen LogP contribution in [0.25, 0.3) is 0 Å². The number of likely N-dealkylation sites (N-methyl/N-ethyl adjacent to an activating group) is 1. The Kier molecular flexibility index (Phi) is 5.48. The molecule has 0 bridgehead atoms. The van der Waals surface area contributed by atoms with Gasteiger partial charge in [0.2, 0.25) is 0 Å². The zero-order chi connectivity index (χ0) is 12.0. The summed E-state index contributed by atoms with van der Waals surface area (Å²) in [7, 11) is 0. The Labute approximate surface area is 98.4 Å². The van der Waals surface area contributed by atoms with Gasteiger partial charge in [-0.2, -0.15) is 5.26 Å². The summed E-state index contributed by atoms with van der Waals surface area (Å²) in [5.41, 5.74) is 0. The van der Waals surface area contributed by atoms with Crippen LogP contribution in [0.4, 0.5) is 0 Å². The summed E-state index contributed by atoms with van der Waals surface area (Å²) in [6.45, 7) is 5.58. The van der Waals surface area contributed by atoms with E-state index >= 15 is 0 Å². The molecule has 0 aliphatic heterocycles. The van der Waals surface area contributed by atoms with Crippen molar-refractivity contribution in [2.75, 3.05) is 13.1 Å². The highest BCUT2D eigenvalue weighted by Crippen LogP contribution is 2.20. The first-order chi connectivity index (χ1) is 7.69. The molecule has 0 radical (unpaired) electrons. The lowest BCUT2D eigenvalue weighted by Crippen LogP contribution is -2.42. The molecule has 2 atom stereocenters. The minimum atomic E-state index is 0.0102. The molecule has 0 aromatic heterocycles. The van der Waals surface area contributed by atoms with Gasteiger partial charge in [0.1, 0.15) is 5.78 Å². The average molecular weight is 222 g/mol. The van der Waals surface area contributed by atoms with Crippen LogP contribution in [-0.4, -0.2) is 29.8 Å². The lowest BCUT2D eigenvalue weighted by molar-refractivity contribution is -0.124. The lowest BCUT2D eigenvalue weighted by atomic mass is 10.0. The average Bonchev–Trinajstić information content (AvgIpc) is 2.50. The van der Waals surface area contributed by atoms with E-state index < -0.39 is 0 Å². The van der Waals surface area contributed by atoms with Gasteiger partial charge in [-0.25, -0.2) is 0 Å². The topological polar surface area (TPSA) is 44.1 Å². The van der Waals surface area contributed by atoms with Gasteiger partial charge in [0.15, 0.2) is 0 Å². The molecule has 90 valence electrons. The van der Waals surface area contributed by atoms with Crippen LogP contribution in [0.3, 0.4) is 0 Å². The zero-order valence-electron chi connectivity index (χ0n) is 10.4. The number of ketones is 1.